The van der Waals surface area contributed by atoms with Gasteiger partial charge in [0, 0.05) is 13.0 Å². The molecule has 1 aliphatic heterocycles. The third-order valence-electron chi connectivity index (χ3n) is 5.84. The van der Waals surface area contributed by atoms with Gasteiger partial charge in [-0.3, -0.25) is 9.59 Å². The van der Waals surface area contributed by atoms with Crippen LogP contribution in [-0.4, -0.2) is 28.3 Å². The van der Waals surface area contributed by atoms with Gasteiger partial charge in [-0.1, -0.05) is 30.3 Å². The third-order valence-corrected chi connectivity index (χ3v) is 5.84. The first-order chi connectivity index (χ1) is 15.7. The summed E-state index contributed by atoms with van der Waals surface area (Å²) < 4.78 is 28.7. The van der Waals surface area contributed by atoms with Crippen LogP contribution < -0.4 is 10.6 Å². The molecule has 1 aromatic heterocycles. The molecule has 0 spiro atoms. The number of likely N-dealkylation sites (N-methyl/N-ethyl adjacent to an activating group) is 1. The molecule has 6 nitrogen and oxygen atoms in total. The SMILES string of the molecule is CCNC(=O)C(C)(C)c1ccc(Cc2nc(-c3c(F)cccc3F)nc3c2C(=O)NC3)cc1. The fourth-order valence-electron chi connectivity index (χ4n) is 3.90. The van der Waals surface area contributed by atoms with Gasteiger partial charge in [0.2, 0.25) is 5.91 Å². The molecular weight excluding hydrogens is 426 g/mol. The maximum atomic E-state index is 14.4. The fraction of sp³-hybridized carbons (Fsp3) is 0.280. The lowest BCUT2D eigenvalue weighted by molar-refractivity contribution is -0.125. The molecule has 0 atom stereocenters. The molecule has 0 aliphatic carbocycles. The van der Waals surface area contributed by atoms with Crippen molar-refractivity contribution >= 4 is 11.8 Å². The second-order valence-electron chi connectivity index (χ2n) is 8.45. The molecular formula is C25H24F2N4O2. The first-order valence-electron chi connectivity index (χ1n) is 10.7. The third kappa shape index (κ3) is 4.20. The van der Waals surface area contributed by atoms with Crippen LogP contribution in [0, 0.1) is 11.6 Å². The van der Waals surface area contributed by atoms with E-state index in [1.165, 1.54) is 6.07 Å². The second-order valence-corrected chi connectivity index (χ2v) is 8.45. The smallest absolute Gasteiger partial charge is 0.255 e. The molecule has 3 aromatic rings. The minimum absolute atomic E-state index is 0.0698. The molecule has 0 saturated carbocycles. The molecule has 8 heteroatoms. The van der Waals surface area contributed by atoms with Crippen LogP contribution in [0.15, 0.2) is 42.5 Å². The molecule has 2 amide bonds. The predicted molar refractivity (Wildman–Crippen MR) is 120 cm³/mol. The molecule has 170 valence electrons. The molecule has 0 fully saturated rings. The Hall–Kier alpha value is -3.68. The van der Waals surface area contributed by atoms with Gasteiger partial charge in [-0.25, -0.2) is 18.7 Å². The highest BCUT2D eigenvalue weighted by atomic mass is 19.1. The minimum Gasteiger partial charge on any atom is -0.356 e. The van der Waals surface area contributed by atoms with E-state index in [0.717, 1.165) is 23.3 Å². The van der Waals surface area contributed by atoms with E-state index in [2.05, 4.69) is 20.6 Å². The van der Waals surface area contributed by atoms with Crippen molar-refractivity contribution in [2.45, 2.75) is 39.2 Å². The van der Waals surface area contributed by atoms with Gasteiger partial charge in [0.15, 0.2) is 5.82 Å². The molecule has 2 heterocycles. The summed E-state index contributed by atoms with van der Waals surface area (Å²) in [4.78, 5) is 33.4. The Bertz CT molecular complexity index is 1220. The summed E-state index contributed by atoms with van der Waals surface area (Å²) in [6.07, 6.45) is 0.267. The van der Waals surface area contributed by atoms with Crippen molar-refractivity contribution in [1.82, 2.24) is 20.6 Å². The maximum Gasteiger partial charge on any atom is 0.255 e. The van der Waals surface area contributed by atoms with E-state index in [-0.39, 0.29) is 36.2 Å². The van der Waals surface area contributed by atoms with Crippen LogP contribution in [0.5, 0.6) is 0 Å². The Balaban J connectivity index is 1.71. The van der Waals surface area contributed by atoms with E-state index < -0.39 is 17.0 Å². The van der Waals surface area contributed by atoms with E-state index in [4.69, 9.17) is 0 Å². The molecule has 1 aliphatic rings. The van der Waals surface area contributed by atoms with Gasteiger partial charge in [-0.05, 0) is 44.0 Å². The maximum absolute atomic E-state index is 14.4. The van der Waals surface area contributed by atoms with Crippen molar-refractivity contribution in [2.24, 2.45) is 0 Å². The van der Waals surface area contributed by atoms with Gasteiger partial charge in [0.05, 0.1) is 34.5 Å². The normalized spacial score (nSPS) is 12.9. The number of hydrogen-bond acceptors (Lipinski definition) is 4. The standard InChI is InChI=1S/C25H24F2N4O2/c1-4-28-24(33)25(2,3)15-10-8-14(9-11-15)12-18-21-19(13-29-23(21)32)31-22(30-18)20-16(26)6-5-7-17(20)27/h5-11H,4,12-13H2,1-3H3,(H,28,33)(H,29,32). The van der Waals surface area contributed by atoms with E-state index >= 15 is 0 Å². The monoisotopic (exact) mass is 450 g/mol. The molecule has 4 rings (SSSR count). The predicted octanol–water partition coefficient (Wildman–Crippen LogP) is 3.67. The topological polar surface area (TPSA) is 84.0 Å². The molecule has 0 saturated heterocycles. The van der Waals surface area contributed by atoms with Gasteiger partial charge < -0.3 is 10.6 Å². The van der Waals surface area contributed by atoms with Crippen LogP contribution in [0.25, 0.3) is 11.4 Å². The van der Waals surface area contributed by atoms with Crippen LogP contribution in [0.1, 0.15) is 53.6 Å². The summed E-state index contributed by atoms with van der Waals surface area (Å²) in [7, 11) is 0. The number of carbonyl (C=O) groups is 2. The molecule has 0 radical (unpaired) electrons. The number of hydrogen-bond donors (Lipinski definition) is 2. The number of amides is 2. The lowest BCUT2D eigenvalue weighted by Crippen LogP contribution is -2.39. The molecule has 33 heavy (non-hydrogen) atoms. The number of halogens is 2. The summed E-state index contributed by atoms with van der Waals surface area (Å²) >= 11 is 0. The van der Waals surface area contributed by atoms with E-state index in [9.17, 15) is 18.4 Å². The van der Waals surface area contributed by atoms with Gasteiger partial charge in [-0.15, -0.1) is 0 Å². The van der Waals surface area contributed by atoms with Crippen molar-refractivity contribution in [3.63, 3.8) is 0 Å². The van der Waals surface area contributed by atoms with E-state index in [0.29, 0.717) is 23.5 Å². The number of rotatable bonds is 6. The Labute approximate surface area is 190 Å². The number of fused-ring (bicyclic) bond motifs is 1. The number of nitrogens with zero attached hydrogens (tertiary/aromatic N) is 2. The summed E-state index contributed by atoms with van der Waals surface area (Å²) in [5.41, 5.74) is 1.80. The Kier molecular flexibility index (Phi) is 5.93. The summed E-state index contributed by atoms with van der Waals surface area (Å²) in [6.45, 7) is 6.29. The fourth-order valence-corrected chi connectivity index (χ4v) is 3.90. The van der Waals surface area contributed by atoms with Gasteiger partial charge in [0.1, 0.15) is 11.6 Å². The molecule has 2 N–H and O–H groups in total. The number of benzene rings is 2. The second kappa shape index (κ2) is 8.69. The quantitative estimate of drug-likeness (QED) is 0.600. The van der Waals surface area contributed by atoms with Crippen molar-refractivity contribution in [3.05, 3.63) is 82.2 Å². The summed E-state index contributed by atoms with van der Waals surface area (Å²) in [5, 5.41) is 5.54. The lowest BCUT2D eigenvalue weighted by atomic mass is 9.83. The number of carbonyl (C=O) groups excluding carboxylic acids is 2. The molecule has 0 unspecified atom stereocenters. The Morgan fingerprint density at radius 3 is 2.36 bits per heavy atom. The highest BCUT2D eigenvalue weighted by molar-refractivity contribution is 5.99. The van der Waals surface area contributed by atoms with Crippen LogP contribution in [-0.2, 0) is 23.2 Å². The van der Waals surface area contributed by atoms with Crippen LogP contribution in [0.2, 0.25) is 0 Å². The largest absolute Gasteiger partial charge is 0.356 e. The number of nitrogens with one attached hydrogen (secondary N) is 2. The first-order valence-corrected chi connectivity index (χ1v) is 10.7. The molecule has 2 aromatic carbocycles. The van der Waals surface area contributed by atoms with E-state index in [1.807, 2.05) is 45.0 Å². The van der Waals surface area contributed by atoms with Gasteiger partial charge >= 0.3 is 0 Å². The van der Waals surface area contributed by atoms with Gasteiger partial charge in [-0.2, -0.15) is 0 Å². The molecule has 0 bridgehead atoms. The van der Waals surface area contributed by atoms with Crippen LogP contribution in [0.3, 0.4) is 0 Å². The highest BCUT2D eigenvalue weighted by Crippen LogP contribution is 2.29. The zero-order valence-corrected chi connectivity index (χ0v) is 18.6. The van der Waals surface area contributed by atoms with Crippen LogP contribution in [0.4, 0.5) is 8.78 Å². The van der Waals surface area contributed by atoms with E-state index in [1.54, 1.807) is 0 Å². The van der Waals surface area contributed by atoms with Crippen LogP contribution >= 0.6 is 0 Å². The Morgan fingerprint density at radius 1 is 1.06 bits per heavy atom. The average molecular weight is 450 g/mol. The number of aromatic nitrogens is 2. The van der Waals surface area contributed by atoms with Gasteiger partial charge in [0.25, 0.3) is 5.91 Å². The zero-order chi connectivity index (χ0) is 23.8. The first kappa shape index (κ1) is 22.5. The summed E-state index contributed by atoms with van der Waals surface area (Å²) in [6, 6.07) is 11.0. The van der Waals surface area contributed by atoms with Crippen molar-refractivity contribution < 1.29 is 18.4 Å². The zero-order valence-electron chi connectivity index (χ0n) is 18.6. The Morgan fingerprint density at radius 2 is 1.73 bits per heavy atom. The van der Waals surface area contributed by atoms with Crippen molar-refractivity contribution in [1.29, 1.82) is 0 Å². The highest BCUT2D eigenvalue weighted by Gasteiger charge is 2.30. The van der Waals surface area contributed by atoms with Crippen molar-refractivity contribution in [3.8, 4) is 11.4 Å². The van der Waals surface area contributed by atoms with Crippen molar-refractivity contribution in [2.75, 3.05) is 6.54 Å². The lowest BCUT2D eigenvalue weighted by Gasteiger charge is -2.24. The minimum atomic E-state index is -0.768. The average Bonchev–Trinajstić information content (AvgIpc) is 3.15. The summed E-state index contributed by atoms with van der Waals surface area (Å²) in [5.74, 6) is -2.01.